The second-order valence-corrected chi connectivity index (χ2v) is 4.57. The average molecular weight is 217 g/mol. The fourth-order valence-corrected chi connectivity index (χ4v) is 1.55. The van der Waals surface area contributed by atoms with Crippen LogP contribution in [0.3, 0.4) is 0 Å². The minimum Gasteiger partial charge on any atom is -0.392 e. The van der Waals surface area contributed by atoms with Gasteiger partial charge in [0.2, 0.25) is 0 Å². The van der Waals surface area contributed by atoms with E-state index in [1.165, 1.54) is 0 Å². The van der Waals surface area contributed by atoms with Crippen LogP contribution in [-0.4, -0.2) is 42.8 Å². The molecule has 90 valence electrons. The summed E-state index contributed by atoms with van der Waals surface area (Å²) in [7, 11) is 0. The van der Waals surface area contributed by atoms with Gasteiger partial charge in [0, 0.05) is 6.54 Å². The molecular weight excluding hydrogens is 194 g/mol. The van der Waals surface area contributed by atoms with E-state index in [-0.39, 0.29) is 12.1 Å². The van der Waals surface area contributed by atoms with Gasteiger partial charge in [-0.3, -0.25) is 0 Å². The van der Waals surface area contributed by atoms with Gasteiger partial charge < -0.3 is 19.9 Å². The van der Waals surface area contributed by atoms with Crippen molar-refractivity contribution in [3.63, 3.8) is 0 Å². The van der Waals surface area contributed by atoms with Crippen LogP contribution >= 0.6 is 0 Å². The Balaban J connectivity index is 2.13. The van der Waals surface area contributed by atoms with Gasteiger partial charge >= 0.3 is 0 Å². The molecule has 0 aromatic heterocycles. The molecule has 0 aliphatic carbocycles. The van der Waals surface area contributed by atoms with E-state index in [0.717, 1.165) is 12.8 Å². The number of nitrogens with one attached hydrogen (secondary N) is 1. The predicted molar refractivity (Wildman–Crippen MR) is 58.7 cm³/mol. The van der Waals surface area contributed by atoms with Gasteiger partial charge in [-0.25, -0.2) is 0 Å². The lowest BCUT2D eigenvalue weighted by Gasteiger charge is -2.35. The number of hydrogen-bond acceptors (Lipinski definition) is 4. The fraction of sp³-hybridized carbons (Fsp3) is 1.00. The SMILES string of the molecule is CCCC(O)CNC1COC(C)(C)OC1. The Labute approximate surface area is 92.0 Å². The molecule has 1 saturated heterocycles. The lowest BCUT2D eigenvalue weighted by molar-refractivity contribution is -0.253. The zero-order valence-electron chi connectivity index (χ0n) is 9.95. The maximum absolute atomic E-state index is 9.54. The first-order valence-electron chi connectivity index (χ1n) is 5.73. The van der Waals surface area contributed by atoms with Crippen molar-refractivity contribution < 1.29 is 14.6 Å². The maximum atomic E-state index is 9.54. The maximum Gasteiger partial charge on any atom is 0.162 e. The monoisotopic (exact) mass is 217 g/mol. The van der Waals surface area contributed by atoms with Crippen LogP contribution in [0.5, 0.6) is 0 Å². The third kappa shape index (κ3) is 4.93. The lowest BCUT2D eigenvalue weighted by atomic mass is 10.2. The van der Waals surface area contributed by atoms with E-state index in [2.05, 4.69) is 12.2 Å². The minimum absolute atomic E-state index is 0.199. The van der Waals surface area contributed by atoms with Crippen molar-refractivity contribution in [3.05, 3.63) is 0 Å². The van der Waals surface area contributed by atoms with Gasteiger partial charge in [-0.2, -0.15) is 0 Å². The van der Waals surface area contributed by atoms with E-state index >= 15 is 0 Å². The Hall–Kier alpha value is -0.160. The first-order valence-corrected chi connectivity index (χ1v) is 5.73. The van der Waals surface area contributed by atoms with E-state index in [1.54, 1.807) is 0 Å². The van der Waals surface area contributed by atoms with Gasteiger partial charge in [-0.1, -0.05) is 13.3 Å². The van der Waals surface area contributed by atoms with Crippen LogP contribution in [0.15, 0.2) is 0 Å². The van der Waals surface area contributed by atoms with Crippen molar-refractivity contribution in [2.24, 2.45) is 0 Å². The highest BCUT2D eigenvalue weighted by molar-refractivity contribution is 4.74. The summed E-state index contributed by atoms with van der Waals surface area (Å²) in [5.41, 5.74) is 0. The first-order chi connectivity index (χ1) is 7.03. The summed E-state index contributed by atoms with van der Waals surface area (Å²) in [6, 6.07) is 0.199. The van der Waals surface area contributed by atoms with E-state index in [1.807, 2.05) is 13.8 Å². The van der Waals surface area contributed by atoms with Crippen molar-refractivity contribution >= 4 is 0 Å². The highest BCUT2D eigenvalue weighted by Crippen LogP contribution is 2.16. The molecule has 0 saturated carbocycles. The first kappa shape index (κ1) is 12.9. The summed E-state index contributed by atoms with van der Waals surface area (Å²) in [6.45, 7) is 7.80. The van der Waals surface area contributed by atoms with Crippen molar-refractivity contribution in [3.8, 4) is 0 Å². The van der Waals surface area contributed by atoms with Crippen LogP contribution in [0.25, 0.3) is 0 Å². The van der Waals surface area contributed by atoms with E-state index in [4.69, 9.17) is 9.47 Å². The molecule has 0 bridgehead atoms. The van der Waals surface area contributed by atoms with E-state index < -0.39 is 5.79 Å². The molecule has 1 heterocycles. The highest BCUT2D eigenvalue weighted by Gasteiger charge is 2.28. The minimum atomic E-state index is -0.458. The molecule has 1 aliphatic heterocycles. The van der Waals surface area contributed by atoms with Gasteiger partial charge in [-0.15, -0.1) is 0 Å². The molecule has 0 aromatic carbocycles. The number of ether oxygens (including phenoxy) is 2. The molecule has 1 fully saturated rings. The molecule has 15 heavy (non-hydrogen) atoms. The van der Waals surface area contributed by atoms with E-state index in [9.17, 15) is 5.11 Å². The summed E-state index contributed by atoms with van der Waals surface area (Å²) in [5, 5.41) is 12.8. The predicted octanol–water partition coefficient (Wildman–Crippen LogP) is 0.888. The summed E-state index contributed by atoms with van der Waals surface area (Å²) < 4.78 is 11.0. The van der Waals surface area contributed by atoms with Crippen molar-refractivity contribution in [1.82, 2.24) is 5.32 Å². The highest BCUT2D eigenvalue weighted by atomic mass is 16.7. The van der Waals surface area contributed by atoms with Crippen LogP contribution in [0.4, 0.5) is 0 Å². The number of aliphatic hydroxyl groups is 1. The molecule has 0 spiro atoms. The number of hydrogen-bond donors (Lipinski definition) is 2. The molecule has 2 N–H and O–H groups in total. The van der Waals surface area contributed by atoms with Gasteiger partial charge in [0.25, 0.3) is 0 Å². The topological polar surface area (TPSA) is 50.7 Å². The molecule has 0 radical (unpaired) electrons. The molecular formula is C11H23NO3. The third-order valence-electron chi connectivity index (χ3n) is 2.53. The normalized spacial score (nSPS) is 24.0. The summed E-state index contributed by atoms with van der Waals surface area (Å²) in [6.07, 6.45) is 1.59. The van der Waals surface area contributed by atoms with E-state index in [0.29, 0.717) is 19.8 Å². The molecule has 0 aromatic rings. The molecule has 1 unspecified atom stereocenters. The number of aliphatic hydroxyl groups excluding tert-OH is 1. The lowest BCUT2D eigenvalue weighted by Crippen LogP contribution is -2.50. The Morgan fingerprint density at radius 2 is 2.00 bits per heavy atom. The Morgan fingerprint density at radius 1 is 1.40 bits per heavy atom. The van der Waals surface area contributed by atoms with Crippen molar-refractivity contribution in [2.45, 2.75) is 51.5 Å². The Morgan fingerprint density at radius 3 is 2.53 bits per heavy atom. The van der Waals surface area contributed by atoms with Gasteiger partial charge in [0.15, 0.2) is 5.79 Å². The summed E-state index contributed by atoms with van der Waals surface area (Å²) in [5.74, 6) is -0.458. The zero-order chi connectivity index (χ0) is 11.3. The quantitative estimate of drug-likeness (QED) is 0.718. The smallest absolute Gasteiger partial charge is 0.162 e. The van der Waals surface area contributed by atoms with Crippen LogP contribution in [-0.2, 0) is 9.47 Å². The molecule has 0 amide bonds. The van der Waals surface area contributed by atoms with Crippen molar-refractivity contribution in [1.29, 1.82) is 0 Å². The molecule has 4 nitrogen and oxygen atoms in total. The van der Waals surface area contributed by atoms with Gasteiger partial charge in [0.05, 0.1) is 25.4 Å². The second kappa shape index (κ2) is 5.80. The standard InChI is InChI=1S/C11H23NO3/c1-4-5-10(13)6-12-9-7-14-11(2,3)15-8-9/h9-10,12-13H,4-8H2,1-3H3. The largest absolute Gasteiger partial charge is 0.392 e. The average Bonchev–Trinajstić information content (AvgIpc) is 2.17. The molecule has 1 aliphatic rings. The fourth-order valence-electron chi connectivity index (χ4n) is 1.55. The molecule has 4 heteroatoms. The van der Waals surface area contributed by atoms with Crippen LogP contribution in [0.2, 0.25) is 0 Å². The summed E-state index contributed by atoms with van der Waals surface area (Å²) in [4.78, 5) is 0. The molecule has 1 rings (SSSR count). The van der Waals surface area contributed by atoms with Gasteiger partial charge in [0.1, 0.15) is 0 Å². The van der Waals surface area contributed by atoms with Gasteiger partial charge in [-0.05, 0) is 20.3 Å². The zero-order valence-corrected chi connectivity index (χ0v) is 9.95. The van der Waals surface area contributed by atoms with Crippen LogP contribution < -0.4 is 5.32 Å². The third-order valence-corrected chi connectivity index (χ3v) is 2.53. The second-order valence-electron chi connectivity index (χ2n) is 4.57. The van der Waals surface area contributed by atoms with Crippen molar-refractivity contribution in [2.75, 3.05) is 19.8 Å². The van der Waals surface area contributed by atoms with Crippen LogP contribution in [0, 0.1) is 0 Å². The van der Waals surface area contributed by atoms with Crippen LogP contribution in [0.1, 0.15) is 33.6 Å². The Bertz CT molecular complexity index is 175. The molecule has 1 atom stereocenters. The number of rotatable bonds is 5. The Kier molecular flexibility index (Phi) is 4.99. The summed E-state index contributed by atoms with van der Waals surface area (Å²) >= 11 is 0.